The Morgan fingerprint density at radius 2 is 1.65 bits per heavy atom. The van der Waals surface area contributed by atoms with E-state index < -0.39 is 0 Å². The fourth-order valence-electron chi connectivity index (χ4n) is 4.54. The predicted octanol–water partition coefficient (Wildman–Crippen LogP) is 3.93. The first-order valence-corrected chi connectivity index (χ1v) is 10.7. The molecule has 2 heterocycles. The van der Waals surface area contributed by atoms with E-state index in [1.165, 1.54) is 6.07 Å². The minimum Gasteiger partial charge on any atom is -0.507 e. The molecule has 31 heavy (non-hydrogen) atoms. The van der Waals surface area contributed by atoms with Crippen molar-refractivity contribution >= 4 is 5.69 Å². The number of hydrogen-bond acceptors (Lipinski definition) is 4. The van der Waals surface area contributed by atoms with Crippen molar-refractivity contribution in [2.45, 2.75) is 26.4 Å². The first-order chi connectivity index (χ1) is 15.0. The molecule has 5 nitrogen and oxygen atoms in total. The molecule has 1 aliphatic heterocycles. The van der Waals surface area contributed by atoms with Crippen molar-refractivity contribution in [3.63, 3.8) is 0 Å². The number of para-hydroxylation sites is 1. The molecule has 0 radical (unpaired) electrons. The van der Waals surface area contributed by atoms with Gasteiger partial charge in [-0.1, -0.05) is 42.5 Å². The van der Waals surface area contributed by atoms with E-state index in [0.29, 0.717) is 44.0 Å². The van der Waals surface area contributed by atoms with Gasteiger partial charge in [-0.2, -0.15) is 0 Å². The first-order valence-electron chi connectivity index (χ1n) is 10.7. The van der Waals surface area contributed by atoms with Crippen molar-refractivity contribution in [1.82, 2.24) is 9.47 Å². The molecule has 4 rings (SSSR count). The number of nitrogens with zero attached hydrogens (tertiary/aromatic N) is 3. The third-order valence-corrected chi connectivity index (χ3v) is 6.10. The van der Waals surface area contributed by atoms with Gasteiger partial charge in [0.15, 0.2) is 0 Å². The van der Waals surface area contributed by atoms with Crippen LogP contribution in [0.15, 0.2) is 65.5 Å². The van der Waals surface area contributed by atoms with Gasteiger partial charge in [-0.05, 0) is 37.6 Å². The monoisotopic (exact) mass is 421 g/mol. The van der Waals surface area contributed by atoms with E-state index in [1.807, 2.05) is 55.1 Å². The highest BCUT2D eigenvalue weighted by molar-refractivity contribution is 5.48. The van der Waals surface area contributed by atoms with Crippen LogP contribution in [0.4, 0.5) is 10.1 Å². The van der Waals surface area contributed by atoms with Crippen LogP contribution in [-0.4, -0.2) is 40.8 Å². The molecule has 1 aliphatic rings. The Balaban J connectivity index is 1.71. The summed E-state index contributed by atoms with van der Waals surface area (Å²) in [4.78, 5) is 17.6. The highest BCUT2D eigenvalue weighted by Crippen LogP contribution is 2.34. The number of rotatable bonds is 5. The van der Waals surface area contributed by atoms with Gasteiger partial charge in [-0.15, -0.1) is 0 Å². The predicted molar refractivity (Wildman–Crippen MR) is 121 cm³/mol. The zero-order valence-corrected chi connectivity index (χ0v) is 18.0. The topological polar surface area (TPSA) is 48.7 Å². The third-order valence-electron chi connectivity index (χ3n) is 6.10. The molecule has 6 heteroatoms. The van der Waals surface area contributed by atoms with Crippen LogP contribution < -0.4 is 10.5 Å². The second-order valence-electron chi connectivity index (χ2n) is 7.92. The van der Waals surface area contributed by atoms with Crippen LogP contribution in [0.2, 0.25) is 0 Å². The van der Waals surface area contributed by atoms with Gasteiger partial charge in [0.25, 0.3) is 5.56 Å². The fraction of sp³-hybridized carbons (Fsp3) is 0.320. The van der Waals surface area contributed by atoms with E-state index in [-0.39, 0.29) is 23.2 Å². The summed E-state index contributed by atoms with van der Waals surface area (Å²) in [6.45, 7) is 6.87. The van der Waals surface area contributed by atoms with Crippen molar-refractivity contribution in [3.05, 3.63) is 93.7 Å². The van der Waals surface area contributed by atoms with Crippen LogP contribution >= 0.6 is 0 Å². The van der Waals surface area contributed by atoms with E-state index in [2.05, 4.69) is 4.90 Å². The summed E-state index contributed by atoms with van der Waals surface area (Å²) < 4.78 is 15.9. The molecule has 2 aromatic carbocycles. The molecular weight excluding hydrogens is 393 g/mol. The van der Waals surface area contributed by atoms with Crippen LogP contribution in [-0.2, 0) is 6.54 Å². The number of aromatic nitrogens is 1. The number of halogens is 1. The SMILES string of the molecule is CCn1c(C)cc(O)c([C@H](c2ccccc2)N2CCN(c3ccccc3F)CC2)c1=O. The Labute approximate surface area is 182 Å². The van der Waals surface area contributed by atoms with Gasteiger partial charge in [0.05, 0.1) is 17.3 Å². The normalized spacial score (nSPS) is 15.8. The third kappa shape index (κ3) is 4.08. The van der Waals surface area contributed by atoms with Crippen molar-refractivity contribution in [3.8, 4) is 5.75 Å². The van der Waals surface area contributed by atoms with Crippen LogP contribution in [0.5, 0.6) is 5.75 Å². The molecule has 0 spiro atoms. The molecule has 1 N–H and O–H groups in total. The summed E-state index contributed by atoms with van der Waals surface area (Å²) in [6.07, 6.45) is 0. The second-order valence-corrected chi connectivity index (χ2v) is 7.92. The standard InChI is InChI=1S/C25H28FN3O2/c1-3-29-18(2)17-22(30)23(25(29)31)24(19-9-5-4-6-10-19)28-15-13-27(14-16-28)21-12-8-7-11-20(21)26/h4-12,17,24,30H,3,13-16H2,1-2H3/t24-/m0/s1. The Hall–Kier alpha value is -3.12. The molecular formula is C25H28FN3O2. The van der Waals surface area contributed by atoms with Gasteiger partial charge < -0.3 is 14.6 Å². The zero-order chi connectivity index (χ0) is 22.0. The van der Waals surface area contributed by atoms with Crippen molar-refractivity contribution in [2.24, 2.45) is 0 Å². The maximum atomic E-state index is 14.3. The molecule has 1 atom stereocenters. The van der Waals surface area contributed by atoms with Crippen molar-refractivity contribution < 1.29 is 9.50 Å². The lowest BCUT2D eigenvalue weighted by Crippen LogP contribution is -2.49. The van der Waals surface area contributed by atoms with Crippen molar-refractivity contribution in [2.75, 3.05) is 31.1 Å². The molecule has 0 amide bonds. The van der Waals surface area contributed by atoms with Gasteiger partial charge in [0.2, 0.25) is 0 Å². The molecule has 0 aliphatic carbocycles. The van der Waals surface area contributed by atoms with Crippen LogP contribution in [0, 0.1) is 12.7 Å². The molecule has 3 aromatic rings. The number of benzene rings is 2. The second kappa shape index (κ2) is 8.94. The fourth-order valence-corrected chi connectivity index (χ4v) is 4.54. The largest absolute Gasteiger partial charge is 0.507 e. The van der Waals surface area contributed by atoms with Gasteiger partial charge in [-0.25, -0.2) is 4.39 Å². The Bertz CT molecular complexity index is 1110. The maximum absolute atomic E-state index is 14.3. The number of hydrogen-bond donors (Lipinski definition) is 1. The average molecular weight is 422 g/mol. The summed E-state index contributed by atoms with van der Waals surface area (Å²) in [7, 11) is 0. The number of aryl methyl sites for hydroxylation is 1. The highest BCUT2D eigenvalue weighted by Gasteiger charge is 2.31. The van der Waals surface area contributed by atoms with E-state index in [4.69, 9.17) is 0 Å². The summed E-state index contributed by atoms with van der Waals surface area (Å²) in [5.41, 5.74) is 2.54. The van der Waals surface area contributed by atoms with Crippen LogP contribution in [0.25, 0.3) is 0 Å². The van der Waals surface area contributed by atoms with E-state index in [0.717, 1.165) is 11.3 Å². The van der Waals surface area contributed by atoms with Gasteiger partial charge in [-0.3, -0.25) is 9.69 Å². The summed E-state index contributed by atoms with van der Waals surface area (Å²) in [5.74, 6) is -0.199. The Morgan fingerprint density at radius 1 is 1.00 bits per heavy atom. The summed E-state index contributed by atoms with van der Waals surface area (Å²) in [6, 6.07) is 17.9. The minimum atomic E-state index is -0.366. The molecule has 1 fully saturated rings. The molecule has 1 aromatic heterocycles. The van der Waals surface area contributed by atoms with Gasteiger partial charge in [0.1, 0.15) is 11.6 Å². The summed E-state index contributed by atoms with van der Waals surface area (Å²) in [5, 5.41) is 10.8. The maximum Gasteiger partial charge on any atom is 0.259 e. The number of aromatic hydroxyl groups is 1. The first kappa shape index (κ1) is 21.1. The molecule has 0 bridgehead atoms. The smallest absolute Gasteiger partial charge is 0.259 e. The van der Waals surface area contributed by atoms with Crippen LogP contribution in [0.1, 0.15) is 29.8 Å². The van der Waals surface area contributed by atoms with Gasteiger partial charge in [0, 0.05) is 38.4 Å². The lowest BCUT2D eigenvalue weighted by molar-refractivity contribution is 0.207. The molecule has 1 saturated heterocycles. The molecule has 0 saturated carbocycles. The number of pyridine rings is 1. The Morgan fingerprint density at radius 3 is 2.29 bits per heavy atom. The van der Waals surface area contributed by atoms with E-state index in [1.54, 1.807) is 22.8 Å². The lowest BCUT2D eigenvalue weighted by Gasteiger charge is -2.40. The number of anilines is 1. The van der Waals surface area contributed by atoms with Crippen molar-refractivity contribution in [1.29, 1.82) is 0 Å². The Kier molecular flexibility index (Phi) is 6.09. The molecule has 0 unspecified atom stereocenters. The quantitative estimate of drug-likeness (QED) is 0.678. The van der Waals surface area contributed by atoms with Gasteiger partial charge >= 0.3 is 0 Å². The van der Waals surface area contributed by atoms with E-state index >= 15 is 0 Å². The average Bonchev–Trinajstić information content (AvgIpc) is 2.78. The van der Waals surface area contributed by atoms with Crippen LogP contribution in [0.3, 0.4) is 0 Å². The lowest BCUT2D eigenvalue weighted by atomic mass is 9.96. The summed E-state index contributed by atoms with van der Waals surface area (Å²) >= 11 is 0. The zero-order valence-electron chi connectivity index (χ0n) is 18.0. The number of piperazine rings is 1. The molecule has 162 valence electrons. The van der Waals surface area contributed by atoms with E-state index in [9.17, 15) is 14.3 Å². The minimum absolute atomic E-state index is 0.0255. The highest BCUT2D eigenvalue weighted by atomic mass is 19.1.